The van der Waals surface area contributed by atoms with Gasteiger partial charge in [-0.15, -0.1) is 0 Å². The van der Waals surface area contributed by atoms with E-state index in [0.29, 0.717) is 16.5 Å². The highest BCUT2D eigenvalue weighted by molar-refractivity contribution is 6.30. The summed E-state index contributed by atoms with van der Waals surface area (Å²) in [4.78, 5) is 12.2. The van der Waals surface area contributed by atoms with Crippen molar-refractivity contribution in [2.24, 2.45) is 5.92 Å². The Bertz CT molecular complexity index is 728. The third-order valence-corrected chi connectivity index (χ3v) is 4.72. The highest BCUT2D eigenvalue weighted by atomic mass is 35.5. The van der Waals surface area contributed by atoms with Crippen molar-refractivity contribution in [3.63, 3.8) is 0 Å². The highest BCUT2D eigenvalue weighted by Gasteiger charge is 2.28. The van der Waals surface area contributed by atoms with E-state index in [1.807, 2.05) is 39.0 Å². The number of esters is 1. The Morgan fingerprint density at radius 1 is 1.00 bits per heavy atom. The molecule has 0 amide bonds. The lowest BCUT2D eigenvalue weighted by atomic mass is 9.82. The van der Waals surface area contributed by atoms with Gasteiger partial charge in [-0.1, -0.05) is 54.4 Å². The molecule has 2 rings (SSSR count). The molecule has 1 unspecified atom stereocenters. The molecule has 0 heterocycles. The Labute approximate surface area is 164 Å². The van der Waals surface area contributed by atoms with Gasteiger partial charge in [0.15, 0.2) is 0 Å². The van der Waals surface area contributed by atoms with Crippen LogP contribution in [0.5, 0.6) is 0 Å². The molecule has 0 radical (unpaired) electrons. The molecule has 2 aromatic rings. The first-order valence-electron chi connectivity index (χ1n) is 8.67. The molecule has 2 aromatic carbocycles. The van der Waals surface area contributed by atoms with Crippen molar-refractivity contribution < 1.29 is 14.6 Å². The summed E-state index contributed by atoms with van der Waals surface area (Å²) >= 11 is 12.1. The molecule has 26 heavy (non-hydrogen) atoms. The molecule has 5 heteroatoms. The van der Waals surface area contributed by atoms with Crippen molar-refractivity contribution in [1.82, 2.24) is 0 Å². The average Bonchev–Trinajstić information content (AvgIpc) is 2.59. The second kappa shape index (κ2) is 9.40. The van der Waals surface area contributed by atoms with Crippen molar-refractivity contribution in [3.8, 4) is 0 Å². The quantitative estimate of drug-likeness (QED) is 0.604. The maximum Gasteiger partial charge on any atom is 0.308 e. The first kappa shape index (κ1) is 20.8. The van der Waals surface area contributed by atoms with Crippen LogP contribution in [0.25, 0.3) is 0 Å². The van der Waals surface area contributed by atoms with Crippen LogP contribution in [0.4, 0.5) is 0 Å². The zero-order valence-electron chi connectivity index (χ0n) is 15.2. The molecule has 0 saturated carbocycles. The predicted molar refractivity (Wildman–Crippen MR) is 106 cm³/mol. The first-order valence-corrected chi connectivity index (χ1v) is 9.43. The molecular formula is C21H24Cl2O3. The number of rotatable bonds is 7. The summed E-state index contributed by atoms with van der Waals surface area (Å²) in [7, 11) is 0. The maximum atomic E-state index is 12.2. The van der Waals surface area contributed by atoms with Crippen LogP contribution >= 0.6 is 23.2 Å². The standard InChI is InChI=1S/C21H24Cl2O3/c1-13(2)26-21(25)14(3)11-19(16-5-4-6-18(23)12-16)20(24)15-7-9-17(22)10-8-15/h4-10,12-14,19-20,24H,11H2,1-3H3/t14?,19-,20+/m1/s1. The summed E-state index contributed by atoms with van der Waals surface area (Å²) in [5, 5.41) is 12.2. The van der Waals surface area contributed by atoms with E-state index in [4.69, 9.17) is 27.9 Å². The average molecular weight is 395 g/mol. The number of carbonyl (C=O) groups is 1. The molecule has 0 aliphatic heterocycles. The van der Waals surface area contributed by atoms with Gasteiger partial charge in [-0.05, 0) is 55.7 Å². The third kappa shape index (κ3) is 5.73. The number of hydrogen-bond acceptors (Lipinski definition) is 3. The smallest absolute Gasteiger partial charge is 0.308 e. The monoisotopic (exact) mass is 394 g/mol. The van der Waals surface area contributed by atoms with Gasteiger partial charge >= 0.3 is 5.97 Å². The number of halogens is 2. The maximum absolute atomic E-state index is 12.2. The summed E-state index contributed by atoms with van der Waals surface area (Å²) in [5.41, 5.74) is 1.62. The van der Waals surface area contributed by atoms with Gasteiger partial charge in [0.05, 0.1) is 18.1 Å². The molecule has 0 bridgehead atoms. The van der Waals surface area contributed by atoms with E-state index < -0.39 is 6.10 Å². The Hall–Kier alpha value is -1.55. The van der Waals surface area contributed by atoms with Gasteiger partial charge in [0.25, 0.3) is 0 Å². The van der Waals surface area contributed by atoms with Gasteiger partial charge in [-0.2, -0.15) is 0 Å². The van der Waals surface area contributed by atoms with E-state index in [2.05, 4.69) is 0 Å². The molecule has 140 valence electrons. The van der Waals surface area contributed by atoms with Crippen LogP contribution in [0.1, 0.15) is 50.3 Å². The molecule has 0 saturated heterocycles. The summed E-state index contributed by atoms with van der Waals surface area (Å²) in [5.74, 6) is -0.928. The van der Waals surface area contributed by atoms with E-state index in [0.717, 1.165) is 11.1 Å². The molecule has 0 aliphatic carbocycles. The van der Waals surface area contributed by atoms with E-state index in [-0.39, 0.29) is 23.9 Å². The highest BCUT2D eigenvalue weighted by Crippen LogP contribution is 2.37. The Kier molecular flexibility index (Phi) is 7.51. The van der Waals surface area contributed by atoms with Crippen LogP contribution in [-0.2, 0) is 9.53 Å². The lowest BCUT2D eigenvalue weighted by Gasteiger charge is -2.26. The lowest BCUT2D eigenvalue weighted by molar-refractivity contribution is -0.152. The second-order valence-electron chi connectivity index (χ2n) is 6.78. The number of hydrogen-bond donors (Lipinski definition) is 1. The van der Waals surface area contributed by atoms with Crippen molar-refractivity contribution in [1.29, 1.82) is 0 Å². The van der Waals surface area contributed by atoms with E-state index >= 15 is 0 Å². The van der Waals surface area contributed by atoms with Crippen molar-refractivity contribution >= 4 is 29.2 Å². The van der Waals surface area contributed by atoms with Gasteiger partial charge in [-0.25, -0.2) is 0 Å². The van der Waals surface area contributed by atoms with Crippen molar-refractivity contribution in [2.45, 2.75) is 45.3 Å². The van der Waals surface area contributed by atoms with Crippen LogP contribution in [0.15, 0.2) is 48.5 Å². The minimum Gasteiger partial charge on any atom is -0.463 e. The Balaban J connectivity index is 2.29. The van der Waals surface area contributed by atoms with Gasteiger partial charge < -0.3 is 9.84 Å². The largest absolute Gasteiger partial charge is 0.463 e. The van der Waals surface area contributed by atoms with Gasteiger partial charge in [-0.3, -0.25) is 4.79 Å². The van der Waals surface area contributed by atoms with Crippen LogP contribution in [0, 0.1) is 5.92 Å². The van der Waals surface area contributed by atoms with Gasteiger partial charge in [0.2, 0.25) is 0 Å². The molecule has 0 fully saturated rings. The Morgan fingerprint density at radius 3 is 2.23 bits per heavy atom. The first-order chi connectivity index (χ1) is 12.3. The van der Waals surface area contributed by atoms with Crippen molar-refractivity contribution in [2.75, 3.05) is 0 Å². The molecule has 3 nitrogen and oxygen atoms in total. The summed E-state index contributed by atoms with van der Waals surface area (Å²) in [6.45, 7) is 5.46. The third-order valence-electron chi connectivity index (χ3n) is 4.23. The topological polar surface area (TPSA) is 46.5 Å². The van der Waals surface area contributed by atoms with Gasteiger partial charge in [0.1, 0.15) is 0 Å². The second-order valence-corrected chi connectivity index (χ2v) is 7.65. The molecule has 0 aromatic heterocycles. The summed E-state index contributed by atoms with van der Waals surface area (Å²) in [6.07, 6.45) is -0.522. The number of carbonyl (C=O) groups excluding carboxylic acids is 1. The molecule has 0 spiro atoms. The molecule has 1 N–H and O–H groups in total. The van der Waals surface area contributed by atoms with Crippen LogP contribution in [-0.4, -0.2) is 17.2 Å². The predicted octanol–water partition coefficient (Wildman–Crippen LogP) is 5.79. The number of benzene rings is 2. The number of ether oxygens (including phenoxy) is 1. The minimum absolute atomic E-state index is 0.171. The minimum atomic E-state index is -0.792. The molecular weight excluding hydrogens is 371 g/mol. The Morgan fingerprint density at radius 2 is 1.65 bits per heavy atom. The van der Waals surface area contributed by atoms with Crippen LogP contribution < -0.4 is 0 Å². The fourth-order valence-electron chi connectivity index (χ4n) is 2.90. The van der Waals surface area contributed by atoms with E-state index in [9.17, 15) is 9.90 Å². The zero-order valence-corrected chi connectivity index (χ0v) is 16.7. The molecule has 0 aliphatic rings. The number of aliphatic hydroxyl groups excluding tert-OH is 1. The fourth-order valence-corrected chi connectivity index (χ4v) is 3.23. The van der Waals surface area contributed by atoms with E-state index in [1.54, 1.807) is 30.3 Å². The van der Waals surface area contributed by atoms with Gasteiger partial charge in [0, 0.05) is 16.0 Å². The lowest BCUT2D eigenvalue weighted by Crippen LogP contribution is -2.23. The van der Waals surface area contributed by atoms with Crippen molar-refractivity contribution in [3.05, 3.63) is 69.7 Å². The zero-order chi connectivity index (χ0) is 19.3. The van der Waals surface area contributed by atoms with Crippen LogP contribution in [0.2, 0.25) is 10.0 Å². The van der Waals surface area contributed by atoms with E-state index in [1.165, 1.54) is 0 Å². The number of aliphatic hydroxyl groups is 1. The molecule has 3 atom stereocenters. The fraction of sp³-hybridized carbons (Fsp3) is 0.381. The summed E-state index contributed by atoms with van der Waals surface area (Å²) < 4.78 is 5.31. The van der Waals surface area contributed by atoms with Crippen LogP contribution in [0.3, 0.4) is 0 Å². The SMILES string of the molecule is CC(C)OC(=O)C(C)C[C@H](c1cccc(Cl)c1)[C@@H](O)c1ccc(Cl)cc1. The summed E-state index contributed by atoms with van der Waals surface area (Å²) in [6, 6.07) is 14.4. The normalized spacial score (nSPS) is 14.7.